The van der Waals surface area contributed by atoms with Crippen LogP contribution in [0.4, 0.5) is 0 Å². The Labute approximate surface area is 111 Å². The second-order valence-corrected chi connectivity index (χ2v) is 4.37. The summed E-state index contributed by atoms with van der Waals surface area (Å²) in [5.74, 6) is -1.49. The number of carbonyl (C=O) groups excluding carboxylic acids is 1. The van der Waals surface area contributed by atoms with Gasteiger partial charge in [0.1, 0.15) is 0 Å². The SMILES string of the molecule is CCC(CC)N(CCO)C(=O)C1CC(C(=O)O)=NO1. The fourth-order valence-electron chi connectivity index (χ4n) is 2.13. The Hall–Kier alpha value is -1.63. The molecule has 0 aromatic carbocycles. The molecule has 0 saturated heterocycles. The number of aliphatic hydroxyl groups excluding tert-OH is 1. The lowest BCUT2D eigenvalue weighted by atomic mass is 10.1. The number of aliphatic hydroxyl groups is 1. The van der Waals surface area contributed by atoms with Crippen molar-refractivity contribution in [2.45, 2.75) is 45.3 Å². The van der Waals surface area contributed by atoms with E-state index in [-0.39, 0.29) is 37.2 Å². The van der Waals surface area contributed by atoms with E-state index in [2.05, 4.69) is 5.16 Å². The van der Waals surface area contributed by atoms with Crippen LogP contribution in [0.5, 0.6) is 0 Å². The summed E-state index contributed by atoms with van der Waals surface area (Å²) in [6.07, 6.45) is 0.609. The number of oxime groups is 1. The molecule has 0 fully saturated rings. The van der Waals surface area contributed by atoms with Gasteiger partial charge in [0.15, 0.2) is 5.71 Å². The van der Waals surface area contributed by atoms with Crippen molar-refractivity contribution in [3.63, 3.8) is 0 Å². The van der Waals surface area contributed by atoms with Crippen LogP contribution in [-0.4, -0.2) is 58.0 Å². The molecule has 0 aromatic rings. The van der Waals surface area contributed by atoms with E-state index in [0.717, 1.165) is 12.8 Å². The first-order valence-corrected chi connectivity index (χ1v) is 6.42. The molecule has 1 atom stereocenters. The largest absolute Gasteiger partial charge is 0.477 e. The molecule has 19 heavy (non-hydrogen) atoms. The van der Waals surface area contributed by atoms with Gasteiger partial charge < -0.3 is 20.0 Å². The summed E-state index contributed by atoms with van der Waals surface area (Å²) in [4.78, 5) is 29.5. The number of nitrogens with zero attached hydrogens (tertiary/aromatic N) is 2. The van der Waals surface area contributed by atoms with Gasteiger partial charge in [-0.1, -0.05) is 19.0 Å². The fourth-order valence-corrected chi connectivity index (χ4v) is 2.13. The summed E-state index contributed by atoms with van der Waals surface area (Å²) in [6, 6.07) is 0.0112. The smallest absolute Gasteiger partial charge is 0.353 e. The average molecular weight is 272 g/mol. The van der Waals surface area contributed by atoms with Crippen LogP contribution in [0.15, 0.2) is 5.16 Å². The van der Waals surface area contributed by atoms with Gasteiger partial charge in [-0.3, -0.25) is 4.79 Å². The van der Waals surface area contributed by atoms with E-state index in [0.29, 0.717) is 0 Å². The zero-order chi connectivity index (χ0) is 14.4. The number of carboxylic acids is 1. The monoisotopic (exact) mass is 272 g/mol. The maximum absolute atomic E-state index is 12.3. The summed E-state index contributed by atoms with van der Waals surface area (Å²) in [7, 11) is 0. The molecule has 1 unspecified atom stereocenters. The molecule has 2 N–H and O–H groups in total. The van der Waals surface area contributed by atoms with Gasteiger partial charge in [-0.15, -0.1) is 0 Å². The molecule has 108 valence electrons. The highest BCUT2D eigenvalue weighted by Gasteiger charge is 2.35. The first-order valence-electron chi connectivity index (χ1n) is 6.42. The third-order valence-electron chi connectivity index (χ3n) is 3.20. The third kappa shape index (κ3) is 3.66. The van der Waals surface area contributed by atoms with E-state index in [4.69, 9.17) is 15.1 Å². The van der Waals surface area contributed by atoms with Gasteiger partial charge in [0.2, 0.25) is 6.10 Å². The van der Waals surface area contributed by atoms with Crippen molar-refractivity contribution in [2.24, 2.45) is 5.16 Å². The number of carbonyl (C=O) groups is 2. The molecule has 7 nitrogen and oxygen atoms in total. The predicted molar refractivity (Wildman–Crippen MR) is 67.7 cm³/mol. The van der Waals surface area contributed by atoms with E-state index in [1.54, 1.807) is 4.90 Å². The van der Waals surface area contributed by atoms with Crippen molar-refractivity contribution in [3.05, 3.63) is 0 Å². The Kier molecular flexibility index (Phi) is 5.75. The molecule has 0 bridgehead atoms. The van der Waals surface area contributed by atoms with Gasteiger partial charge in [0.05, 0.1) is 6.61 Å². The summed E-state index contributed by atoms with van der Waals surface area (Å²) in [6.45, 7) is 4.00. The van der Waals surface area contributed by atoms with Gasteiger partial charge in [0, 0.05) is 19.0 Å². The second kappa shape index (κ2) is 7.08. The highest BCUT2D eigenvalue weighted by Crippen LogP contribution is 2.17. The van der Waals surface area contributed by atoms with Crippen molar-refractivity contribution in [3.8, 4) is 0 Å². The number of aliphatic carboxylic acids is 1. The maximum Gasteiger partial charge on any atom is 0.353 e. The predicted octanol–water partition coefficient (Wildman–Crippen LogP) is 0.225. The third-order valence-corrected chi connectivity index (χ3v) is 3.20. The Bertz CT molecular complexity index is 365. The van der Waals surface area contributed by atoms with Crippen LogP contribution in [0.3, 0.4) is 0 Å². The summed E-state index contributed by atoms with van der Waals surface area (Å²) in [5.41, 5.74) is -0.146. The van der Waals surface area contributed by atoms with Gasteiger partial charge in [-0.2, -0.15) is 0 Å². The van der Waals surface area contributed by atoms with Crippen LogP contribution in [0.1, 0.15) is 33.1 Å². The zero-order valence-corrected chi connectivity index (χ0v) is 11.2. The van der Waals surface area contributed by atoms with E-state index in [1.807, 2.05) is 13.8 Å². The average Bonchev–Trinajstić information content (AvgIpc) is 2.88. The highest BCUT2D eigenvalue weighted by molar-refractivity contribution is 6.36. The quantitative estimate of drug-likeness (QED) is 0.691. The number of amides is 1. The first kappa shape index (κ1) is 15.4. The Morgan fingerprint density at radius 2 is 2.11 bits per heavy atom. The molecule has 1 rings (SSSR count). The van der Waals surface area contributed by atoms with Crippen molar-refractivity contribution in [1.29, 1.82) is 0 Å². The van der Waals surface area contributed by atoms with Crippen molar-refractivity contribution in [2.75, 3.05) is 13.2 Å². The van der Waals surface area contributed by atoms with Gasteiger partial charge in [-0.05, 0) is 12.8 Å². The lowest BCUT2D eigenvalue weighted by Crippen LogP contribution is -2.46. The first-order chi connectivity index (χ1) is 9.04. The number of hydrogen-bond acceptors (Lipinski definition) is 5. The second-order valence-electron chi connectivity index (χ2n) is 4.37. The van der Waals surface area contributed by atoms with Crippen LogP contribution in [0, 0.1) is 0 Å². The summed E-state index contributed by atoms with van der Waals surface area (Å²) >= 11 is 0. The van der Waals surface area contributed by atoms with E-state index in [9.17, 15) is 9.59 Å². The lowest BCUT2D eigenvalue weighted by Gasteiger charge is -2.31. The van der Waals surface area contributed by atoms with Crippen LogP contribution in [0.2, 0.25) is 0 Å². The molecular formula is C12H20N2O5. The molecular weight excluding hydrogens is 252 g/mol. The van der Waals surface area contributed by atoms with Crippen LogP contribution >= 0.6 is 0 Å². The van der Waals surface area contributed by atoms with Crippen molar-refractivity contribution in [1.82, 2.24) is 4.90 Å². The number of hydrogen-bond donors (Lipinski definition) is 2. The van der Waals surface area contributed by atoms with Crippen LogP contribution < -0.4 is 0 Å². The van der Waals surface area contributed by atoms with E-state index >= 15 is 0 Å². The minimum absolute atomic E-state index is 0.0112. The van der Waals surface area contributed by atoms with E-state index in [1.165, 1.54) is 0 Å². The summed E-state index contributed by atoms with van der Waals surface area (Å²) < 4.78 is 0. The summed E-state index contributed by atoms with van der Waals surface area (Å²) in [5, 5.41) is 21.2. The Balaban J connectivity index is 2.71. The molecule has 0 saturated carbocycles. The van der Waals surface area contributed by atoms with Crippen LogP contribution in [-0.2, 0) is 14.4 Å². The zero-order valence-electron chi connectivity index (χ0n) is 11.2. The van der Waals surface area contributed by atoms with Crippen molar-refractivity contribution >= 4 is 17.6 Å². The lowest BCUT2D eigenvalue weighted by molar-refractivity contribution is -0.145. The molecule has 7 heteroatoms. The van der Waals surface area contributed by atoms with Gasteiger partial charge in [0.25, 0.3) is 5.91 Å². The van der Waals surface area contributed by atoms with Gasteiger partial charge >= 0.3 is 5.97 Å². The van der Waals surface area contributed by atoms with Crippen LogP contribution in [0.25, 0.3) is 0 Å². The topological polar surface area (TPSA) is 99.4 Å². The molecule has 1 aliphatic heterocycles. The molecule has 1 amide bonds. The van der Waals surface area contributed by atoms with Gasteiger partial charge in [-0.25, -0.2) is 4.79 Å². The normalized spacial score (nSPS) is 18.1. The number of carboxylic acid groups (broad SMARTS) is 1. The van der Waals surface area contributed by atoms with E-state index < -0.39 is 12.1 Å². The minimum atomic E-state index is -1.17. The maximum atomic E-state index is 12.3. The standard InChI is InChI=1S/C12H20N2O5/c1-3-8(4-2)14(5-6-15)11(16)10-7-9(12(17)18)13-19-10/h8,10,15H,3-7H2,1-2H3,(H,17,18). The molecule has 0 radical (unpaired) electrons. The molecule has 0 spiro atoms. The Morgan fingerprint density at radius 1 is 1.47 bits per heavy atom. The number of rotatable bonds is 7. The molecule has 0 aromatic heterocycles. The minimum Gasteiger partial charge on any atom is -0.477 e. The fraction of sp³-hybridized carbons (Fsp3) is 0.750. The Morgan fingerprint density at radius 3 is 2.53 bits per heavy atom. The molecule has 1 aliphatic rings. The molecule has 1 heterocycles. The molecule has 0 aliphatic carbocycles. The highest BCUT2D eigenvalue weighted by atomic mass is 16.6. The van der Waals surface area contributed by atoms with Crippen molar-refractivity contribution < 1.29 is 24.6 Å².